The lowest BCUT2D eigenvalue weighted by Crippen LogP contribution is -2.17. The van der Waals surface area contributed by atoms with Gasteiger partial charge in [-0.25, -0.2) is 0 Å². The maximum atomic E-state index is 12.6. The van der Waals surface area contributed by atoms with Crippen LogP contribution in [-0.4, -0.2) is 5.91 Å². The number of hydrogen-bond acceptors (Lipinski definition) is 2. The summed E-state index contributed by atoms with van der Waals surface area (Å²) in [7, 11) is 0. The van der Waals surface area contributed by atoms with Crippen molar-refractivity contribution in [1.82, 2.24) is 0 Å². The van der Waals surface area contributed by atoms with E-state index in [0.29, 0.717) is 22.8 Å². The van der Waals surface area contributed by atoms with Gasteiger partial charge in [-0.15, -0.1) is 0 Å². The largest absolute Gasteiger partial charge is 0.397 e. The van der Waals surface area contributed by atoms with Crippen molar-refractivity contribution in [2.75, 3.05) is 11.1 Å². The molecule has 0 unspecified atom stereocenters. The average molecular weight is 351 g/mol. The number of halogens is 1. The molecule has 3 nitrogen and oxygen atoms in total. The molecule has 3 aromatic carbocycles. The number of nitrogens with one attached hydrogen (secondary N) is 1. The van der Waals surface area contributed by atoms with Gasteiger partial charge in [-0.1, -0.05) is 72.3 Å². The maximum absolute atomic E-state index is 12.6. The van der Waals surface area contributed by atoms with Crippen LogP contribution < -0.4 is 11.1 Å². The van der Waals surface area contributed by atoms with Crippen LogP contribution in [0.5, 0.6) is 0 Å². The highest BCUT2D eigenvalue weighted by molar-refractivity contribution is 6.31. The van der Waals surface area contributed by atoms with Gasteiger partial charge < -0.3 is 11.1 Å². The Labute approximate surface area is 152 Å². The van der Waals surface area contributed by atoms with E-state index < -0.39 is 0 Å². The molecule has 3 N–H and O–H groups in total. The monoisotopic (exact) mass is 350 g/mol. The molecule has 4 heteroatoms. The van der Waals surface area contributed by atoms with Gasteiger partial charge in [0.25, 0.3) is 0 Å². The fourth-order valence-corrected chi connectivity index (χ4v) is 3.01. The van der Waals surface area contributed by atoms with E-state index in [0.717, 1.165) is 11.1 Å². The van der Waals surface area contributed by atoms with Crippen LogP contribution in [0.2, 0.25) is 5.02 Å². The van der Waals surface area contributed by atoms with E-state index in [-0.39, 0.29) is 11.8 Å². The Morgan fingerprint density at radius 1 is 0.920 bits per heavy atom. The Kier molecular flexibility index (Phi) is 5.36. The van der Waals surface area contributed by atoms with Crippen molar-refractivity contribution in [2.45, 2.75) is 12.3 Å². The van der Waals surface area contributed by atoms with Gasteiger partial charge in [-0.3, -0.25) is 4.79 Å². The number of hydrogen-bond donors (Lipinski definition) is 2. The zero-order chi connectivity index (χ0) is 17.6. The molecule has 1 amide bonds. The van der Waals surface area contributed by atoms with Crippen molar-refractivity contribution in [2.24, 2.45) is 0 Å². The Balaban J connectivity index is 1.82. The summed E-state index contributed by atoms with van der Waals surface area (Å²) in [5.74, 6) is -0.109. The molecule has 3 rings (SSSR count). The van der Waals surface area contributed by atoms with Gasteiger partial charge >= 0.3 is 0 Å². The average Bonchev–Trinajstić information content (AvgIpc) is 2.63. The predicted molar refractivity (Wildman–Crippen MR) is 104 cm³/mol. The Morgan fingerprint density at radius 3 is 2.00 bits per heavy atom. The highest BCUT2D eigenvalue weighted by Crippen LogP contribution is 2.29. The van der Waals surface area contributed by atoms with E-state index in [1.807, 2.05) is 60.7 Å². The maximum Gasteiger partial charge on any atom is 0.225 e. The van der Waals surface area contributed by atoms with Crippen LogP contribution in [0.15, 0.2) is 78.9 Å². The van der Waals surface area contributed by atoms with Crippen LogP contribution in [0.3, 0.4) is 0 Å². The minimum atomic E-state index is -0.0910. The van der Waals surface area contributed by atoms with E-state index in [2.05, 4.69) is 5.32 Å². The number of nitrogen functional groups attached to an aromatic ring is 1. The van der Waals surface area contributed by atoms with Gasteiger partial charge in [-0.2, -0.15) is 0 Å². The van der Waals surface area contributed by atoms with E-state index in [1.54, 1.807) is 18.2 Å². The summed E-state index contributed by atoms with van der Waals surface area (Å²) in [6.07, 6.45) is 0.329. The fourth-order valence-electron chi connectivity index (χ4n) is 2.83. The van der Waals surface area contributed by atoms with E-state index in [4.69, 9.17) is 17.3 Å². The number of carbonyl (C=O) groups excluding carboxylic acids is 1. The zero-order valence-electron chi connectivity index (χ0n) is 13.7. The van der Waals surface area contributed by atoms with Crippen LogP contribution in [0.1, 0.15) is 23.5 Å². The molecule has 0 bridgehead atoms. The molecule has 0 fully saturated rings. The number of carbonyl (C=O) groups is 1. The van der Waals surface area contributed by atoms with Crippen molar-refractivity contribution >= 4 is 28.9 Å². The third-order valence-electron chi connectivity index (χ3n) is 4.08. The van der Waals surface area contributed by atoms with Gasteiger partial charge in [0.05, 0.1) is 11.4 Å². The molecule has 0 heterocycles. The minimum Gasteiger partial charge on any atom is -0.397 e. The molecule has 0 aliphatic rings. The van der Waals surface area contributed by atoms with Gasteiger partial charge in [0, 0.05) is 17.4 Å². The van der Waals surface area contributed by atoms with Gasteiger partial charge in [0.1, 0.15) is 0 Å². The first-order valence-electron chi connectivity index (χ1n) is 8.08. The molecule has 0 aliphatic carbocycles. The fraction of sp³-hybridized carbons (Fsp3) is 0.0952. The predicted octanol–water partition coefficient (Wildman–Crippen LogP) is 5.08. The zero-order valence-corrected chi connectivity index (χ0v) is 14.4. The van der Waals surface area contributed by atoms with Gasteiger partial charge in [-0.05, 0) is 29.3 Å². The van der Waals surface area contributed by atoms with E-state index in [1.165, 1.54) is 0 Å². The van der Waals surface area contributed by atoms with Crippen LogP contribution in [-0.2, 0) is 4.79 Å². The number of benzene rings is 3. The molecule has 0 aromatic heterocycles. The second-order valence-electron chi connectivity index (χ2n) is 5.86. The topological polar surface area (TPSA) is 55.1 Å². The Bertz CT molecular complexity index is 811. The van der Waals surface area contributed by atoms with E-state index >= 15 is 0 Å². The normalized spacial score (nSPS) is 10.6. The number of nitrogens with two attached hydrogens (primary N) is 1. The van der Waals surface area contributed by atoms with Crippen molar-refractivity contribution in [3.8, 4) is 0 Å². The molecular formula is C21H19ClN2O. The molecule has 3 aromatic rings. The quantitative estimate of drug-likeness (QED) is 0.630. The van der Waals surface area contributed by atoms with Gasteiger partial charge in [0.15, 0.2) is 0 Å². The highest BCUT2D eigenvalue weighted by atomic mass is 35.5. The molecule has 0 saturated heterocycles. The minimum absolute atomic E-state index is 0.0177. The molecule has 126 valence electrons. The van der Waals surface area contributed by atoms with Crippen LogP contribution >= 0.6 is 11.6 Å². The van der Waals surface area contributed by atoms with E-state index in [9.17, 15) is 4.79 Å². The summed E-state index contributed by atoms with van der Waals surface area (Å²) in [5.41, 5.74) is 9.17. The smallest absolute Gasteiger partial charge is 0.225 e. The molecule has 0 spiro atoms. The molecule has 0 atom stereocenters. The molecular weight excluding hydrogens is 332 g/mol. The SMILES string of the molecule is Nc1cc(Cl)ccc1NC(=O)CC(c1ccccc1)c1ccccc1. The lowest BCUT2D eigenvalue weighted by molar-refractivity contribution is -0.116. The summed E-state index contributed by atoms with van der Waals surface area (Å²) in [4.78, 5) is 12.6. The lowest BCUT2D eigenvalue weighted by Gasteiger charge is -2.18. The third kappa shape index (κ3) is 4.40. The molecule has 0 aliphatic heterocycles. The summed E-state index contributed by atoms with van der Waals surface area (Å²) in [5, 5.41) is 3.43. The van der Waals surface area contributed by atoms with Crippen LogP contribution in [0.25, 0.3) is 0 Å². The van der Waals surface area contributed by atoms with Crippen LogP contribution in [0.4, 0.5) is 11.4 Å². The first-order valence-corrected chi connectivity index (χ1v) is 8.46. The van der Waals surface area contributed by atoms with Crippen molar-refractivity contribution in [3.05, 3.63) is 95.0 Å². The van der Waals surface area contributed by atoms with Crippen molar-refractivity contribution in [1.29, 1.82) is 0 Å². The summed E-state index contributed by atoms with van der Waals surface area (Å²) < 4.78 is 0. The molecule has 0 saturated carbocycles. The highest BCUT2D eigenvalue weighted by Gasteiger charge is 2.18. The van der Waals surface area contributed by atoms with Crippen molar-refractivity contribution in [3.63, 3.8) is 0 Å². The summed E-state index contributed by atoms with van der Waals surface area (Å²) >= 11 is 5.91. The first kappa shape index (κ1) is 17.1. The third-order valence-corrected chi connectivity index (χ3v) is 4.32. The summed E-state index contributed by atoms with van der Waals surface area (Å²) in [6, 6.07) is 25.1. The Morgan fingerprint density at radius 2 is 1.48 bits per heavy atom. The standard InChI is InChI=1S/C21H19ClN2O/c22-17-11-12-20(19(23)13-17)24-21(25)14-18(15-7-3-1-4-8-15)16-9-5-2-6-10-16/h1-13,18H,14,23H2,(H,24,25). The second kappa shape index (κ2) is 7.86. The van der Waals surface area contributed by atoms with Crippen molar-refractivity contribution < 1.29 is 4.79 Å². The number of rotatable bonds is 5. The molecule has 25 heavy (non-hydrogen) atoms. The van der Waals surface area contributed by atoms with Crippen LogP contribution in [0, 0.1) is 0 Å². The first-order chi connectivity index (χ1) is 12.1. The number of anilines is 2. The second-order valence-corrected chi connectivity index (χ2v) is 6.29. The van der Waals surface area contributed by atoms with Gasteiger partial charge in [0.2, 0.25) is 5.91 Å². The number of amides is 1. The summed E-state index contributed by atoms with van der Waals surface area (Å²) in [6.45, 7) is 0. The Hall–Kier alpha value is -2.78. The molecule has 0 radical (unpaired) electrons. The lowest BCUT2D eigenvalue weighted by atomic mass is 9.88.